The summed E-state index contributed by atoms with van der Waals surface area (Å²) in [6.45, 7) is 4.63. The summed E-state index contributed by atoms with van der Waals surface area (Å²) in [4.78, 5) is 5.98. The summed E-state index contributed by atoms with van der Waals surface area (Å²) in [7, 11) is 0. The van der Waals surface area contributed by atoms with Crippen molar-refractivity contribution in [3.05, 3.63) is 30.0 Å². The fraction of sp³-hybridized carbons (Fsp3) is 0.500. The molecule has 3 nitrogen and oxygen atoms in total. The highest BCUT2D eigenvalue weighted by atomic mass is 16.5. The summed E-state index contributed by atoms with van der Waals surface area (Å²) < 4.78 is 6.33. The molecule has 2 aliphatic heterocycles. The number of nitrogens with zero attached hydrogens (tertiary/aromatic N) is 1. The number of H-pyrrole nitrogens is 1. The molecule has 0 spiro atoms. The molecule has 0 unspecified atom stereocenters. The number of benzene rings is 1. The molecule has 2 atom stereocenters. The first-order chi connectivity index (χ1) is 9.36. The van der Waals surface area contributed by atoms with Gasteiger partial charge in [-0.15, -0.1) is 0 Å². The number of ether oxygens (including phenoxy) is 1. The zero-order valence-corrected chi connectivity index (χ0v) is 11.4. The molecule has 1 saturated heterocycles. The Balaban J connectivity index is 1.77. The van der Waals surface area contributed by atoms with Crippen molar-refractivity contribution in [3.8, 4) is 5.75 Å². The predicted molar refractivity (Wildman–Crippen MR) is 76.7 cm³/mol. The summed E-state index contributed by atoms with van der Waals surface area (Å²) in [6, 6.07) is 6.88. The van der Waals surface area contributed by atoms with Gasteiger partial charge >= 0.3 is 0 Å². The van der Waals surface area contributed by atoms with Crippen LogP contribution in [0.1, 0.15) is 25.3 Å². The van der Waals surface area contributed by atoms with Crippen molar-refractivity contribution in [2.75, 3.05) is 13.1 Å². The molecule has 0 aliphatic carbocycles. The smallest absolute Gasteiger partial charge is 0.129 e. The molecule has 2 aromatic rings. The first-order valence-electron chi connectivity index (χ1n) is 7.36. The van der Waals surface area contributed by atoms with Crippen LogP contribution < -0.4 is 4.74 Å². The van der Waals surface area contributed by atoms with Gasteiger partial charge in [-0.25, -0.2) is 0 Å². The Kier molecular flexibility index (Phi) is 2.55. The number of hydrogen-bond acceptors (Lipinski definition) is 2. The Bertz CT molecular complexity index is 604. The second-order valence-corrected chi connectivity index (χ2v) is 5.75. The molecular formula is C16H20N2O. The summed E-state index contributed by atoms with van der Waals surface area (Å²) in [5.41, 5.74) is 2.62. The van der Waals surface area contributed by atoms with Gasteiger partial charge in [0.1, 0.15) is 11.9 Å². The van der Waals surface area contributed by atoms with E-state index in [0.29, 0.717) is 12.1 Å². The van der Waals surface area contributed by atoms with Crippen molar-refractivity contribution < 1.29 is 4.74 Å². The fourth-order valence-electron chi connectivity index (χ4n) is 3.72. The minimum atomic E-state index is 0.365. The van der Waals surface area contributed by atoms with Gasteiger partial charge in [-0.05, 0) is 43.5 Å². The average Bonchev–Trinajstić information content (AvgIpc) is 2.94. The van der Waals surface area contributed by atoms with E-state index in [4.69, 9.17) is 4.74 Å². The molecule has 0 radical (unpaired) electrons. The third-order valence-corrected chi connectivity index (χ3v) is 4.57. The number of aromatic amines is 1. The highest BCUT2D eigenvalue weighted by Gasteiger charge is 2.37. The van der Waals surface area contributed by atoms with Gasteiger partial charge in [-0.3, -0.25) is 4.90 Å². The monoisotopic (exact) mass is 256 g/mol. The maximum Gasteiger partial charge on any atom is 0.129 e. The Labute approximate surface area is 113 Å². The summed E-state index contributed by atoms with van der Waals surface area (Å²) in [6.07, 6.45) is 6.03. The van der Waals surface area contributed by atoms with E-state index in [2.05, 4.69) is 41.2 Å². The van der Waals surface area contributed by atoms with Gasteiger partial charge in [-0.1, -0.05) is 13.0 Å². The molecule has 1 fully saturated rings. The quantitative estimate of drug-likeness (QED) is 0.894. The van der Waals surface area contributed by atoms with E-state index in [0.717, 1.165) is 18.6 Å². The van der Waals surface area contributed by atoms with Crippen molar-refractivity contribution in [2.45, 2.75) is 38.3 Å². The molecule has 0 saturated carbocycles. The maximum atomic E-state index is 6.33. The van der Waals surface area contributed by atoms with Crippen LogP contribution >= 0.6 is 0 Å². The first-order valence-corrected chi connectivity index (χ1v) is 7.36. The van der Waals surface area contributed by atoms with E-state index >= 15 is 0 Å². The molecule has 19 heavy (non-hydrogen) atoms. The summed E-state index contributed by atoms with van der Waals surface area (Å²) in [5, 5.41) is 1.30. The van der Waals surface area contributed by atoms with E-state index < -0.39 is 0 Å². The molecule has 1 aromatic heterocycles. The van der Waals surface area contributed by atoms with Gasteiger partial charge in [0.15, 0.2) is 0 Å². The van der Waals surface area contributed by atoms with Crippen molar-refractivity contribution in [1.29, 1.82) is 0 Å². The SMILES string of the molecule is CCCN1CC[C@H]2Oc3cccc4[nH]cc(c34)C[C@@H]21. The molecule has 4 rings (SSSR count). The summed E-state index contributed by atoms with van der Waals surface area (Å²) in [5.74, 6) is 1.07. The lowest BCUT2D eigenvalue weighted by Crippen LogP contribution is -2.39. The number of likely N-dealkylation sites (tertiary alicyclic amines) is 1. The van der Waals surface area contributed by atoms with Crippen LogP contribution in [0.15, 0.2) is 24.4 Å². The van der Waals surface area contributed by atoms with Crippen molar-refractivity contribution in [3.63, 3.8) is 0 Å². The third kappa shape index (κ3) is 1.68. The zero-order valence-electron chi connectivity index (χ0n) is 11.4. The Morgan fingerprint density at radius 2 is 2.37 bits per heavy atom. The Hall–Kier alpha value is -1.48. The summed E-state index contributed by atoms with van der Waals surface area (Å²) >= 11 is 0. The fourth-order valence-corrected chi connectivity index (χ4v) is 3.72. The van der Waals surface area contributed by atoms with E-state index in [1.54, 1.807) is 0 Å². The molecule has 100 valence electrons. The van der Waals surface area contributed by atoms with E-state index in [-0.39, 0.29) is 0 Å². The minimum absolute atomic E-state index is 0.365. The van der Waals surface area contributed by atoms with Gasteiger partial charge in [0.25, 0.3) is 0 Å². The van der Waals surface area contributed by atoms with Crippen LogP contribution in [0.25, 0.3) is 10.9 Å². The van der Waals surface area contributed by atoms with E-state index in [1.165, 1.54) is 36.0 Å². The zero-order chi connectivity index (χ0) is 12.8. The molecule has 1 N–H and O–H groups in total. The number of fused-ring (bicyclic) bond motifs is 1. The topological polar surface area (TPSA) is 28.3 Å². The maximum absolute atomic E-state index is 6.33. The van der Waals surface area contributed by atoms with E-state index in [9.17, 15) is 0 Å². The first kappa shape index (κ1) is 11.4. The Morgan fingerprint density at radius 1 is 1.42 bits per heavy atom. The van der Waals surface area contributed by atoms with Crippen molar-refractivity contribution in [1.82, 2.24) is 9.88 Å². The average molecular weight is 256 g/mol. The van der Waals surface area contributed by atoms with Gasteiger partial charge in [0, 0.05) is 23.6 Å². The number of nitrogens with one attached hydrogen (secondary N) is 1. The molecule has 3 heterocycles. The van der Waals surface area contributed by atoms with Gasteiger partial charge in [0.2, 0.25) is 0 Å². The molecule has 0 amide bonds. The predicted octanol–water partition coefficient (Wildman–Crippen LogP) is 2.96. The Morgan fingerprint density at radius 3 is 3.26 bits per heavy atom. The van der Waals surface area contributed by atoms with Crippen molar-refractivity contribution in [2.24, 2.45) is 0 Å². The van der Waals surface area contributed by atoms with Crippen LogP contribution in [0.4, 0.5) is 0 Å². The largest absolute Gasteiger partial charge is 0.488 e. The third-order valence-electron chi connectivity index (χ3n) is 4.57. The number of hydrogen-bond donors (Lipinski definition) is 1. The van der Waals surface area contributed by atoms with Gasteiger partial charge in [0.05, 0.1) is 6.04 Å². The van der Waals surface area contributed by atoms with Crippen molar-refractivity contribution >= 4 is 10.9 Å². The van der Waals surface area contributed by atoms with Crippen LogP contribution in [0, 0.1) is 0 Å². The van der Waals surface area contributed by atoms with Gasteiger partial charge in [-0.2, -0.15) is 0 Å². The molecule has 0 bridgehead atoms. The van der Waals surface area contributed by atoms with Crippen LogP contribution in [0.5, 0.6) is 5.75 Å². The minimum Gasteiger partial charge on any atom is -0.488 e. The molecule has 3 heteroatoms. The number of rotatable bonds is 2. The number of aromatic nitrogens is 1. The molecule has 1 aromatic carbocycles. The standard InChI is InChI=1S/C16H20N2O/c1-2-7-18-8-6-14-13(18)9-11-10-17-12-4-3-5-15(19-14)16(11)12/h3-5,10,13-14,17H,2,6-9H2,1H3/t13-,14+/m0/s1. The van der Waals surface area contributed by atoms with Crippen LogP contribution in [0.3, 0.4) is 0 Å². The van der Waals surface area contributed by atoms with Crippen LogP contribution in [-0.4, -0.2) is 35.1 Å². The van der Waals surface area contributed by atoms with E-state index in [1.807, 2.05) is 0 Å². The highest BCUT2D eigenvalue weighted by Crippen LogP contribution is 2.37. The van der Waals surface area contributed by atoms with Crippen LogP contribution in [0.2, 0.25) is 0 Å². The molecule has 2 aliphatic rings. The van der Waals surface area contributed by atoms with Gasteiger partial charge < -0.3 is 9.72 Å². The second-order valence-electron chi connectivity index (χ2n) is 5.75. The second kappa shape index (κ2) is 4.27. The lowest BCUT2D eigenvalue weighted by Gasteiger charge is -2.26. The normalized spacial score (nSPS) is 26.2. The molecular weight excluding hydrogens is 236 g/mol. The highest BCUT2D eigenvalue weighted by molar-refractivity contribution is 5.89. The lowest BCUT2D eigenvalue weighted by atomic mass is 10.0. The lowest BCUT2D eigenvalue weighted by molar-refractivity contribution is 0.141. The van der Waals surface area contributed by atoms with Crippen LogP contribution in [-0.2, 0) is 6.42 Å².